The Hall–Kier alpha value is -3.35. The Kier molecular flexibility index (Phi) is 9.69. The summed E-state index contributed by atoms with van der Waals surface area (Å²) in [6.45, 7) is 0.310. The molecule has 0 unspecified atom stereocenters. The molecule has 0 saturated carbocycles. The number of hydrogen-bond acceptors (Lipinski definition) is 6. The molecule has 1 aliphatic heterocycles. The van der Waals surface area contributed by atoms with Crippen LogP contribution in [0.2, 0.25) is 10.0 Å². The van der Waals surface area contributed by atoms with E-state index in [1.165, 1.54) is 35.2 Å². The van der Waals surface area contributed by atoms with Gasteiger partial charge in [-0.1, -0.05) is 41.4 Å². The minimum absolute atomic E-state index is 0.0280. The predicted octanol–water partition coefficient (Wildman–Crippen LogP) is 4.55. The predicted molar refractivity (Wildman–Crippen MR) is 154 cm³/mol. The summed E-state index contributed by atoms with van der Waals surface area (Å²) in [5, 5.41) is 23.5. The van der Waals surface area contributed by atoms with Gasteiger partial charge in [-0.15, -0.1) is 0 Å². The molecule has 2 atom stereocenters. The van der Waals surface area contributed by atoms with Crippen molar-refractivity contribution in [3.63, 3.8) is 0 Å². The number of carboxylic acids is 1. The number of halogens is 4. The van der Waals surface area contributed by atoms with E-state index in [9.17, 15) is 37.0 Å². The summed E-state index contributed by atoms with van der Waals surface area (Å²) in [6.07, 6.45) is 1.74. The van der Waals surface area contributed by atoms with Gasteiger partial charge in [-0.2, -0.15) is 0 Å². The van der Waals surface area contributed by atoms with Crippen LogP contribution in [0.1, 0.15) is 34.0 Å². The van der Waals surface area contributed by atoms with Gasteiger partial charge >= 0.3 is 5.97 Å². The van der Waals surface area contributed by atoms with Crippen LogP contribution in [-0.2, 0) is 38.8 Å². The van der Waals surface area contributed by atoms with Gasteiger partial charge < -0.3 is 15.1 Å². The molecule has 0 saturated heterocycles. The number of aliphatic hydroxyl groups is 1. The highest BCUT2D eigenvalue weighted by molar-refractivity contribution is 7.90. The topological polar surface area (TPSA) is 124 Å². The largest absolute Gasteiger partial charge is 0.480 e. The first-order chi connectivity index (χ1) is 19.8. The highest BCUT2D eigenvalue weighted by atomic mass is 35.5. The second-order valence-corrected chi connectivity index (χ2v) is 12.6. The molecule has 1 amide bonds. The van der Waals surface area contributed by atoms with Crippen LogP contribution < -0.4 is 5.32 Å². The van der Waals surface area contributed by atoms with Gasteiger partial charge in [-0.05, 0) is 65.9 Å². The minimum atomic E-state index is -3.51. The molecular formula is C29H26Cl2F2N2O6S. The first-order valence-electron chi connectivity index (χ1n) is 12.6. The molecule has 0 bridgehead atoms. The minimum Gasteiger partial charge on any atom is -0.480 e. The average Bonchev–Trinajstić information content (AvgIpc) is 2.91. The van der Waals surface area contributed by atoms with Crippen molar-refractivity contribution in [2.45, 2.75) is 36.6 Å². The van der Waals surface area contributed by atoms with Crippen LogP contribution in [0.5, 0.6) is 0 Å². The Labute approximate surface area is 251 Å². The Balaban J connectivity index is 1.51. The third-order valence-corrected chi connectivity index (χ3v) is 8.70. The lowest BCUT2D eigenvalue weighted by Crippen LogP contribution is -2.41. The fourth-order valence-electron chi connectivity index (χ4n) is 4.67. The number of aliphatic hydroxyl groups excluding tert-OH is 1. The summed E-state index contributed by atoms with van der Waals surface area (Å²) in [4.78, 5) is 26.2. The second-order valence-electron chi connectivity index (χ2n) is 9.79. The van der Waals surface area contributed by atoms with E-state index >= 15 is 0 Å². The molecule has 0 aromatic heterocycles. The molecular weight excluding hydrogens is 613 g/mol. The lowest BCUT2D eigenvalue weighted by molar-refractivity contribution is -0.140. The number of sulfone groups is 1. The molecule has 222 valence electrons. The molecule has 0 spiro atoms. The van der Waals surface area contributed by atoms with Gasteiger partial charge in [0.25, 0.3) is 0 Å². The molecule has 1 heterocycles. The molecule has 42 heavy (non-hydrogen) atoms. The quantitative estimate of drug-likeness (QED) is 0.232. The fourth-order valence-corrected chi connectivity index (χ4v) is 6.16. The highest BCUT2D eigenvalue weighted by Crippen LogP contribution is 2.37. The molecule has 0 fully saturated rings. The normalized spacial score (nSPS) is 15.0. The van der Waals surface area contributed by atoms with Crippen molar-refractivity contribution in [2.75, 3.05) is 12.8 Å². The van der Waals surface area contributed by atoms with E-state index < -0.39 is 45.6 Å². The summed E-state index contributed by atoms with van der Waals surface area (Å²) in [6, 6.07) is 9.44. The van der Waals surface area contributed by atoms with Crippen molar-refractivity contribution in [2.24, 2.45) is 0 Å². The van der Waals surface area contributed by atoms with E-state index in [2.05, 4.69) is 5.32 Å². The molecule has 3 N–H and O–H groups in total. The molecule has 13 heteroatoms. The van der Waals surface area contributed by atoms with E-state index in [4.69, 9.17) is 23.2 Å². The monoisotopic (exact) mass is 638 g/mol. The fraction of sp³-hybridized carbons (Fsp3) is 0.241. The zero-order chi connectivity index (χ0) is 30.8. The number of amides is 1. The first-order valence-corrected chi connectivity index (χ1v) is 15.3. The molecule has 0 aliphatic carbocycles. The average molecular weight is 640 g/mol. The standard InChI is InChI=1S/C29H26Cl2F2N2O6S/c1-42(40,41)18-5-2-4-16(12-18)13-24(29(38)39)34-28(37)26-21(30)14-17-15-35(11-10-19(17)27(26)31)25(36)9-8-20-22(32)6-3-7-23(20)33/h2-9,12,14,24,28,34,37H,10-11,13,15H2,1H3,(H,38,39)/b9-8+/t24-,28+/m0/s1. The number of carboxylic acid groups (broad SMARTS) is 1. The summed E-state index contributed by atoms with van der Waals surface area (Å²) in [7, 11) is -3.51. The van der Waals surface area contributed by atoms with E-state index in [1.54, 1.807) is 6.07 Å². The van der Waals surface area contributed by atoms with Crippen molar-refractivity contribution in [1.29, 1.82) is 0 Å². The van der Waals surface area contributed by atoms with Crippen LogP contribution >= 0.6 is 23.2 Å². The summed E-state index contributed by atoms with van der Waals surface area (Å²) < 4.78 is 51.6. The Morgan fingerprint density at radius 3 is 2.43 bits per heavy atom. The SMILES string of the molecule is CS(=O)(=O)c1cccc(C[C@H](N[C@H](O)c2c(Cl)cc3c(c2Cl)CCN(C(=O)/C=C/c2c(F)cccc2F)C3)C(=O)O)c1. The van der Waals surface area contributed by atoms with E-state index in [0.29, 0.717) is 16.7 Å². The van der Waals surface area contributed by atoms with E-state index in [1.807, 2.05) is 0 Å². The summed E-state index contributed by atoms with van der Waals surface area (Å²) in [5.41, 5.74) is 1.35. The number of benzene rings is 3. The Morgan fingerprint density at radius 1 is 1.12 bits per heavy atom. The molecule has 3 aromatic rings. The third kappa shape index (κ3) is 7.16. The maximum atomic E-state index is 13.9. The van der Waals surface area contributed by atoms with Crippen molar-refractivity contribution < 1.29 is 37.0 Å². The number of aliphatic carboxylic acids is 1. The Bertz CT molecular complexity index is 1660. The number of rotatable bonds is 9. The van der Waals surface area contributed by atoms with Crippen LogP contribution in [0, 0.1) is 11.6 Å². The molecule has 8 nitrogen and oxygen atoms in total. The lowest BCUT2D eigenvalue weighted by atomic mass is 9.95. The number of carbonyl (C=O) groups excluding carboxylic acids is 1. The van der Waals surface area contributed by atoms with Crippen LogP contribution in [0.3, 0.4) is 0 Å². The lowest BCUT2D eigenvalue weighted by Gasteiger charge is -2.31. The van der Waals surface area contributed by atoms with Gasteiger partial charge in [0.1, 0.15) is 23.9 Å². The zero-order valence-corrected chi connectivity index (χ0v) is 24.5. The van der Waals surface area contributed by atoms with Crippen LogP contribution in [-0.4, -0.2) is 54.2 Å². The maximum Gasteiger partial charge on any atom is 0.321 e. The maximum absolute atomic E-state index is 13.9. The molecule has 4 rings (SSSR count). The Morgan fingerprint density at radius 2 is 1.79 bits per heavy atom. The summed E-state index contributed by atoms with van der Waals surface area (Å²) in [5.74, 6) is -3.37. The van der Waals surface area contributed by atoms with Gasteiger partial charge in [0.2, 0.25) is 5.91 Å². The zero-order valence-electron chi connectivity index (χ0n) is 22.2. The first kappa shape index (κ1) is 31.6. The van der Waals surface area contributed by atoms with E-state index in [0.717, 1.165) is 30.5 Å². The number of nitrogens with one attached hydrogen (secondary N) is 1. The van der Waals surface area contributed by atoms with Gasteiger partial charge in [0.15, 0.2) is 9.84 Å². The molecule has 1 aliphatic rings. The van der Waals surface area contributed by atoms with Crippen molar-refractivity contribution in [1.82, 2.24) is 10.2 Å². The van der Waals surface area contributed by atoms with Gasteiger partial charge in [-0.25, -0.2) is 17.2 Å². The van der Waals surface area contributed by atoms with Crippen LogP contribution in [0.15, 0.2) is 59.5 Å². The van der Waals surface area contributed by atoms with Gasteiger partial charge in [0, 0.05) is 41.6 Å². The van der Waals surface area contributed by atoms with E-state index in [-0.39, 0.29) is 52.0 Å². The van der Waals surface area contributed by atoms with Gasteiger partial charge in [0.05, 0.1) is 9.92 Å². The number of nitrogens with zero attached hydrogens (tertiary/aromatic N) is 1. The smallest absolute Gasteiger partial charge is 0.321 e. The highest BCUT2D eigenvalue weighted by Gasteiger charge is 2.29. The molecule has 3 aromatic carbocycles. The number of fused-ring (bicyclic) bond motifs is 1. The van der Waals surface area contributed by atoms with Crippen molar-refractivity contribution in [3.8, 4) is 0 Å². The second kappa shape index (κ2) is 12.9. The number of carbonyl (C=O) groups is 2. The number of hydrogen-bond donors (Lipinski definition) is 3. The third-order valence-electron chi connectivity index (χ3n) is 6.84. The van der Waals surface area contributed by atoms with Crippen LogP contribution in [0.4, 0.5) is 8.78 Å². The molecule has 0 radical (unpaired) electrons. The summed E-state index contributed by atoms with van der Waals surface area (Å²) >= 11 is 13.1. The van der Waals surface area contributed by atoms with Crippen molar-refractivity contribution >= 4 is 51.0 Å². The van der Waals surface area contributed by atoms with Gasteiger partial charge in [-0.3, -0.25) is 14.9 Å². The van der Waals surface area contributed by atoms with Crippen molar-refractivity contribution in [3.05, 3.63) is 104 Å². The van der Waals surface area contributed by atoms with Crippen LogP contribution in [0.25, 0.3) is 6.08 Å².